The second-order valence-corrected chi connectivity index (χ2v) is 9.73. The number of aldehydes is 1. The smallest absolute Gasteiger partial charge is 0.237 e. The second-order valence-electron chi connectivity index (χ2n) is 9.73. The van der Waals surface area contributed by atoms with Crippen LogP contribution in [0.3, 0.4) is 0 Å². The van der Waals surface area contributed by atoms with E-state index in [4.69, 9.17) is 4.74 Å². The molecule has 0 spiro atoms. The van der Waals surface area contributed by atoms with Gasteiger partial charge in [-0.3, -0.25) is 9.69 Å². The van der Waals surface area contributed by atoms with Crippen molar-refractivity contribution in [3.63, 3.8) is 0 Å². The zero-order valence-electron chi connectivity index (χ0n) is 18.8. The minimum atomic E-state index is -0.191. The minimum Gasteiger partial charge on any atom is -0.381 e. The van der Waals surface area contributed by atoms with E-state index in [0.29, 0.717) is 25.4 Å². The van der Waals surface area contributed by atoms with E-state index in [-0.39, 0.29) is 17.4 Å². The van der Waals surface area contributed by atoms with Crippen molar-refractivity contribution in [1.82, 2.24) is 10.2 Å². The lowest BCUT2D eigenvalue weighted by Crippen LogP contribution is -2.57. The number of ether oxygens (including phenoxy) is 1. The predicted octanol–water partition coefficient (Wildman–Crippen LogP) is 3.85. The molecule has 0 bridgehead atoms. The molecular formula is C26H38N2O3. The average Bonchev–Trinajstić information content (AvgIpc) is 2.84. The van der Waals surface area contributed by atoms with Gasteiger partial charge in [-0.15, -0.1) is 0 Å². The molecule has 170 valence electrons. The van der Waals surface area contributed by atoms with Gasteiger partial charge in [0, 0.05) is 37.6 Å². The number of hydrogen-bond donors (Lipinski definition) is 1. The van der Waals surface area contributed by atoms with E-state index < -0.39 is 0 Å². The highest BCUT2D eigenvalue weighted by atomic mass is 16.5. The van der Waals surface area contributed by atoms with Crippen LogP contribution in [-0.2, 0) is 19.7 Å². The minimum absolute atomic E-state index is 0.0698. The lowest BCUT2D eigenvalue weighted by atomic mass is 9.74. The van der Waals surface area contributed by atoms with E-state index in [9.17, 15) is 9.59 Å². The van der Waals surface area contributed by atoms with Gasteiger partial charge >= 0.3 is 0 Å². The van der Waals surface area contributed by atoms with Gasteiger partial charge in [0.05, 0.1) is 6.04 Å². The summed E-state index contributed by atoms with van der Waals surface area (Å²) in [6, 6.07) is 10.9. The van der Waals surface area contributed by atoms with Crippen LogP contribution in [0.2, 0.25) is 0 Å². The SMILES string of the molecule is O=CCCC(C(=O)NCC1(c2ccccc2)CCOCC1)N1CCCC2CCCCC21. The second kappa shape index (κ2) is 10.7. The molecule has 2 heterocycles. The molecule has 5 heteroatoms. The van der Waals surface area contributed by atoms with Crippen LogP contribution in [0.1, 0.15) is 69.8 Å². The number of piperidine rings is 1. The van der Waals surface area contributed by atoms with Crippen LogP contribution in [0, 0.1) is 5.92 Å². The Morgan fingerprint density at radius 3 is 2.65 bits per heavy atom. The molecular weight excluding hydrogens is 388 g/mol. The first-order valence-corrected chi connectivity index (χ1v) is 12.3. The Kier molecular flexibility index (Phi) is 7.78. The quantitative estimate of drug-likeness (QED) is 0.642. The maximum Gasteiger partial charge on any atom is 0.237 e. The van der Waals surface area contributed by atoms with E-state index in [1.165, 1.54) is 37.7 Å². The molecule has 1 aromatic rings. The fraction of sp³-hybridized carbons (Fsp3) is 0.692. The largest absolute Gasteiger partial charge is 0.381 e. The monoisotopic (exact) mass is 426 g/mol. The number of carbonyl (C=O) groups excluding carboxylic acids is 2. The van der Waals surface area contributed by atoms with Crippen molar-refractivity contribution >= 4 is 12.2 Å². The third-order valence-electron chi connectivity index (χ3n) is 7.98. The lowest BCUT2D eigenvalue weighted by Gasteiger charge is -2.47. The number of benzene rings is 1. The summed E-state index contributed by atoms with van der Waals surface area (Å²) in [6.45, 7) is 3.08. The van der Waals surface area contributed by atoms with E-state index >= 15 is 0 Å². The maximum absolute atomic E-state index is 13.5. The number of amides is 1. The molecule has 3 aliphatic rings. The highest BCUT2D eigenvalue weighted by Gasteiger charge is 2.40. The molecule has 3 fully saturated rings. The first kappa shape index (κ1) is 22.5. The van der Waals surface area contributed by atoms with Gasteiger partial charge in [0.1, 0.15) is 6.29 Å². The molecule has 0 aromatic heterocycles. The van der Waals surface area contributed by atoms with Crippen molar-refractivity contribution in [2.45, 2.75) is 81.7 Å². The van der Waals surface area contributed by atoms with Gasteiger partial charge < -0.3 is 14.8 Å². The number of rotatable bonds is 8. The molecule has 1 aromatic carbocycles. The van der Waals surface area contributed by atoms with Gasteiger partial charge in [-0.1, -0.05) is 43.2 Å². The number of fused-ring (bicyclic) bond motifs is 1. The number of carbonyl (C=O) groups is 2. The molecule has 31 heavy (non-hydrogen) atoms. The molecule has 0 radical (unpaired) electrons. The van der Waals surface area contributed by atoms with Crippen molar-refractivity contribution in [2.24, 2.45) is 5.92 Å². The van der Waals surface area contributed by atoms with Crippen LogP contribution in [0.5, 0.6) is 0 Å². The van der Waals surface area contributed by atoms with Crippen LogP contribution in [0.25, 0.3) is 0 Å². The van der Waals surface area contributed by atoms with Gasteiger partial charge in [0.25, 0.3) is 0 Å². The normalized spacial score (nSPS) is 27.1. The van der Waals surface area contributed by atoms with Crippen molar-refractivity contribution < 1.29 is 14.3 Å². The topological polar surface area (TPSA) is 58.6 Å². The molecule has 5 nitrogen and oxygen atoms in total. The Bertz CT molecular complexity index is 715. The standard InChI is InChI=1S/C26H38N2O3/c29-17-7-13-24(28-16-6-9-21-8-4-5-12-23(21)28)25(30)27-20-26(14-18-31-19-15-26)22-10-2-1-3-11-22/h1-3,10-11,17,21,23-24H,4-9,12-16,18-20H2,(H,27,30). The van der Waals surface area contributed by atoms with Gasteiger partial charge in [-0.2, -0.15) is 0 Å². The van der Waals surface area contributed by atoms with Crippen LogP contribution >= 0.6 is 0 Å². The van der Waals surface area contributed by atoms with Gasteiger partial charge in [0.15, 0.2) is 0 Å². The van der Waals surface area contributed by atoms with Gasteiger partial charge in [-0.25, -0.2) is 0 Å². The molecule has 4 rings (SSSR count). The van der Waals surface area contributed by atoms with Gasteiger partial charge in [-0.05, 0) is 63.0 Å². The summed E-state index contributed by atoms with van der Waals surface area (Å²) in [4.78, 5) is 27.2. The highest BCUT2D eigenvalue weighted by molar-refractivity contribution is 5.82. The summed E-state index contributed by atoms with van der Waals surface area (Å²) in [5.41, 5.74) is 1.22. The zero-order valence-corrected chi connectivity index (χ0v) is 18.8. The van der Waals surface area contributed by atoms with E-state index in [1.807, 2.05) is 6.07 Å². The number of nitrogens with zero attached hydrogens (tertiary/aromatic N) is 1. The highest BCUT2D eigenvalue weighted by Crippen LogP contribution is 2.37. The molecule has 1 aliphatic carbocycles. The third-order valence-corrected chi connectivity index (χ3v) is 7.98. The summed E-state index contributed by atoms with van der Waals surface area (Å²) < 4.78 is 5.65. The molecule has 3 atom stereocenters. The Morgan fingerprint density at radius 2 is 1.87 bits per heavy atom. The molecule has 1 N–H and O–H groups in total. The molecule has 1 amide bonds. The Balaban J connectivity index is 1.48. The number of nitrogens with one attached hydrogen (secondary N) is 1. The first-order valence-electron chi connectivity index (χ1n) is 12.3. The predicted molar refractivity (Wildman–Crippen MR) is 122 cm³/mol. The molecule has 2 aliphatic heterocycles. The summed E-state index contributed by atoms with van der Waals surface area (Å²) in [7, 11) is 0. The fourth-order valence-electron chi connectivity index (χ4n) is 6.22. The van der Waals surface area contributed by atoms with Crippen LogP contribution in [0.4, 0.5) is 0 Å². The molecule has 1 saturated carbocycles. The van der Waals surface area contributed by atoms with E-state index in [2.05, 4.69) is 34.5 Å². The van der Waals surface area contributed by atoms with Crippen molar-refractivity contribution in [2.75, 3.05) is 26.3 Å². The van der Waals surface area contributed by atoms with Crippen molar-refractivity contribution in [3.05, 3.63) is 35.9 Å². The van der Waals surface area contributed by atoms with Crippen molar-refractivity contribution in [1.29, 1.82) is 0 Å². The number of hydrogen-bond acceptors (Lipinski definition) is 4. The summed E-state index contributed by atoms with van der Waals surface area (Å²) in [6.07, 6.45) is 11.4. The van der Waals surface area contributed by atoms with Gasteiger partial charge in [0.2, 0.25) is 5.91 Å². The number of likely N-dealkylation sites (tertiary alicyclic amines) is 1. The summed E-state index contributed by atoms with van der Waals surface area (Å²) in [5.74, 6) is 0.829. The zero-order chi connectivity index (χ0) is 21.5. The van der Waals surface area contributed by atoms with Crippen LogP contribution < -0.4 is 5.32 Å². The lowest BCUT2D eigenvalue weighted by molar-refractivity contribution is -0.130. The Morgan fingerprint density at radius 1 is 1.13 bits per heavy atom. The summed E-state index contributed by atoms with van der Waals surface area (Å²) in [5, 5.41) is 3.34. The summed E-state index contributed by atoms with van der Waals surface area (Å²) >= 11 is 0. The van der Waals surface area contributed by atoms with E-state index in [0.717, 1.165) is 51.2 Å². The maximum atomic E-state index is 13.5. The first-order chi connectivity index (χ1) is 15.2. The fourth-order valence-corrected chi connectivity index (χ4v) is 6.22. The van der Waals surface area contributed by atoms with E-state index in [1.54, 1.807) is 0 Å². The average molecular weight is 427 g/mol. The van der Waals surface area contributed by atoms with Crippen LogP contribution in [-0.4, -0.2) is 55.5 Å². The molecule has 3 unspecified atom stereocenters. The van der Waals surface area contributed by atoms with Crippen molar-refractivity contribution in [3.8, 4) is 0 Å². The Labute approximate surface area is 186 Å². The van der Waals surface area contributed by atoms with Crippen LogP contribution in [0.15, 0.2) is 30.3 Å². The molecule has 2 saturated heterocycles. The Hall–Kier alpha value is -1.72. The third kappa shape index (κ3) is 5.20.